The Labute approximate surface area is 139 Å². The van der Waals surface area contributed by atoms with Crippen LogP contribution in [0, 0.1) is 6.92 Å². The zero-order chi connectivity index (χ0) is 16.1. The highest BCUT2D eigenvalue weighted by Crippen LogP contribution is 2.34. The largest absolute Gasteiger partial charge is 0.0622 e. The summed E-state index contributed by atoms with van der Waals surface area (Å²) in [5.74, 6) is 0. The van der Waals surface area contributed by atoms with Gasteiger partial charge in [-0.15, -0.1) is 0 Å². The van der Waals surface area contributed by atoms with Gasteiger partial charge in [-0.3, -0.25) is 0 Å². The van der Waals surface area contributed by atoms with Crippen molar-refractivity contribution in [1.29, 1.82) is 0 Å². The molecular weight excluding hydrogens is 276 g/mol. The molecule has 0 aliphatic heterocycles. The van der Waals surface area contributed by atoms with Gasteiger partial charge in [0.1, 0.15) is 0 Å². The van der Waals surface area contributed by atoms with Crippen molar-refractivity contribution in [1.82, 2.24) is 0 Å². The maximum atomic E-state index is 2.24. The molecule has 0 atom stereocenters. The van der Waals surface area contributed by atoms with Crippen molar-refractivity contribution < 1.29 is 0 Å². The smallest absolute Gasteiger partial charge is 0.00735 e. The Balaban J connectivity index is 2.26. The van der Waals surface area contributed by atoms with Crippen LogP contribution in [0.1, 0.15) is 35.6 Å². The van der Waals surface area contributed by atoms with Gasteiger partial charge >= 0.3 is 0 Å². The van der Waals surface area contributed by atoms with E-state index in [1.807, 2.05) is 0 Å². The molecule has 0 heteroatoms. The Kier molecular flexibility index (Phi) is 4.73. The van der Waals surface area contributed by atoms with Gasteiger partial charge in [0.05, 0.1) is 0 Å². The Morgan fingerprint density at radius 1 is 0.609 bits per heavy atom. The Hall–Kier alpha value is -2.60. The van der Waals surface area contributed by atoms with Gasteiger partial charge in [-0.05, 0) is 41.2 Å². The molecule has 114 valence electrons. The predicted molar refractivity (Wildman–Crippen MR) is 100 cm³/mol. The van der Waals surface area contributed by atoms with Gasteiger partial charge in [0, 0.05) is 0 Å². The molecular formula is C23H22. The van der Waals surface area contributed by atoms with Crippen LogP contribution in [0.25, 0.3) is 11.1 Å². The van der Waals surface area contributed by atoms with E-state index in [4.69, 9.17) is 0 Å². The molecule has 0 nitrogen and oxygen atoms in total. The van der Waals surface area contributed by atoms with Crippen molar-refractivity contribution in [2.45, 2.75) is 20.3 Å². The number of aryl methyl sites for hydroxylation is 1. The second kappa shape index (κ2) is 7.11. The summed E-state index contributed by atoms with van der Waals surface area (Å²) < 4.78 is 0. The van der Waals surface area contributed by atoms with E-state index >= 15 is 0 Å². The summed E-state index contributed by atoms with van der Waals surface area (Å²) in [6, 6.07) is 30.3. The van der Waals surface area contributed by atoms with Crippen LogP contribution >= 0.6 is 0 Å². The quantitative estimate of drug-likeness (QED) is 0.491. The first-order valence-corrected chi connectivity index (χ1v) is 8.20. The highest BCUT2D eigenvalue weighted by Gasteiger charge is 2.12. The maximum Gasteiger partial charge on any atom is -0.00735 e. The minimum Gasteiger partial charge on any atom is -0.0622 e. The maximum absolute atomic E-state index is 2.24. The molecule has 0 aliphatic carbocycles. The average molecular weight is 298 g/mol. The van der Waals surface area contributed by atoms with Crippen LogP contribution in [0.4, 0.5) is 0 Å². The zero-order valence-corrected chi connectivity index (χ0v) is 13.8. The standard InChI is InChI=1S/C23H22/c1-3-22(19-10-6-4-7-11-19)23(20-12-8-5-9-13-20)21-16-14-18(2)15-17-21/h4-17H,3H2,1-2H3/b23-22+. The lowest BCUT2D eigenvalue weighted by Crippen LogP contribution is -1.95. The lowest BCUT2D eigenvalue weighted by Gasteiger charge is -2.16. The first-order chi connectivity index (χ1) is 11.3. The Morgan fingerprint density at radius 3 is 1.61 bits per heavy atom. The molecule has 0 N–H and O–H groups in total. The van der Waals surface area contributed by atoms with Gasteiger partial charge in [0.25, 0.3) is 0 Å². The molecule has 0 aromatic heterocycles. The third kappa shape index (κ3) is 3.43. The molecule has 3 aromatic rings. The van der Waals surface area contributed by atoms with Crippen LogP contribution in [-0.4, -0.2) is 0 Å². The van der Waals surface area contributed by atoms with Crippen molar-refractivity contribution in [3.63, 3.8) is 0 Å². The van der Waals surface area contributed by atoms with E-state index in [0.717, 1.165) is 6.42 Å². The van der Waals surface area contributed by atoms with E-state index in [9.17, 15) is 0 Å². The van der Waals surface area contributed by atoms with Crippen LogP contribution in [0.15, 0.2) is 84.9 Å². The lowest BCUT2D eigenvalue weighted by molar-refractivity contribution is 1.24. The average Bonchev–Trinajstić information content (AvgIpc) is 2.62. The first kappa shape index (κ1) is 15.3. The van der Waals surface area contributed by atoms with E-state index in [0.29, 0.717) is 0 Å². The van der Waals surface area contributed by atoms with Crippen molar-refractivity contribution in [3.8, 4) is 0 Å². The highest BCUT2D eigenvalue weighted by atomic mass is 14.2. The fourth-order valence-electron chi connectivity index (χ4n) is 3.00. The molecule has 0 amide bonds. The molecule has 0 fully saturated rings. The molecule has 0 radical (unpaired) electrons. The van der Waals surface area contributed by atoms with E-state index < -0.39 is 0 Å². The van der Waals surface area contributed by atoms with Gasteiger partial charge in [-0.2, -0.15) is 0 Å². The fourth-order valence-corrected chi connectivity index (χ4v) is 3.00. The number of hydrogen-bond donors (Lipinski definition) is 0. The van der Waals surface area contributed by atoms with Gasteiger partial charge in [-0.1, -0.05) is 97.4 Å². The molecule has 0 spiro atoms. The molecule has 0 saturated heterocycles. The monoisotopic (exact) mass is 298 g/mol. The third-order valence-electron chi connectivity index (χ3n) is 4.18. The molecule has 3 aromatic carbocycles. The van der Waals surface area contributed by atoms with Crippen LogP contribution in [0.5, 0.6) is 0 Å². The van der Waals surface area contributed by atoms with Crippen LogP contribution < -0.4 is 0 Å². The summed E-state index contributed by atoms with van der Waals surface area (Å²) in [6.45, 7) is 4.37. The summed E-state index contributed by atoms with van der Waals surface area (Å²) in [4.78, 5) is 0. The molecule has 0 saturated carbocycles. The third-order valence-corrected chi connectivity index (χ3v) is 4.18. The van der Waals surface area contributed by atoms with Crippen LogP contribution in [-0.2, 0) is 0 Å². The van der Waals surface area contributed by atoms with Crippen LogP contribution in [0.2, 0.25) is 0 Å². The minimum absolute atomic E-state index is 1.00. The van der Waals surface area contributed by atoms with Gasteiger partial charge in [-0.25, -0.2) is 0 Å². The van der Waals surface area contributed by atoms with E-state index in [2.05, 4.69) is 98.8 Å². The van der Waals surface area contributed by atoms with Crippen molar-refractivity contribution in [3.05, 3.63) is 107 Å². The van der Waals surface area contributed by atoms with E-state index in [-0.39, 0.29) is 0 Å². The zero-order valence-electron chi connectivity index (χ0n) is 13.8. The second-order valence-corrected chi connectivity index (χ2v) is 5.81. The van der Waals surface area contributed by atoms with Gasteiger partial charge < -0.3 is 0 Å². The van der Waals surface area contributed by atoms with Crippen molar-refractivity contribution in [2.24, 2.45) is 0 Å². The molecule has 3 rings (SSSR count). The Bertz CT molecular complexity index is 778. The molecule has 0 bridgehead atoms. The normalized spacial score (nSPS) is 11.9. The van der Waals surface area contributed by atoms with Crippen molar-refractivity contribution >= 4 is 11.1 Å². The summed E-state index contributed by atoms with van der Waals surface area (Å²) >= 11 is 0. The molecule has 0 unspecified atom stereocenters. The van der Waals surface area contributed by atoms with Crippen LogP contribution in [0.3, 0.4) is 0 Å². The van der Waals surface area contributed by atoms with Gasteiger partial charge in [0.15, 0.2) is 0 Å². The first-order valence-electron chi connectivity index (χ1n) is 8.20. The molecule has 0 aliphatic rings. The topological polar surface area (TPSA) is 0 Å². The Morgan fingerprint density at radius 2 is 1.09 bits per heavy atom. The number of rotatable bonds is 4. The second-order valence-electron chi connectivity index (χ2n) is 5.81. The molecule has 0 heterocycles. The number of hydrogen-bond acceptors (Lipinski definition) is 0. The van der Waals surface area contributed by atoms with E-state index in [1.165, 1.54) is 33.4 Å². The number of benzene rings is 3. The highest BCUT2D eigenvalue weighted by molar-refractivity contribution is 5.98. The fraction of sp³-hybridized carbons (Fsp3) is 0.130. The minimum atomic E-state index is 1.00. The number of allylic oxidation sites excluding steroid dienone is 1. The van der Waals surface area contributed by atoms with Gasteiger partial charge in [0.2, 0.25) is 0 Å². The molecule has 23 heavy (non-hydrogen) atoms. The van der Waals surface area contributed by atoms with E-state index in [1.54, 1.807) is 0 Å². The predicted octanol–water partition coefficient (Wildman–Crippen LogP) is 6.36. The summed E-state index contributed by atoms with van der Waals surface area (Å²) in [5.41, 5.74) is 7.87. The lowest BCUT2D eigenvalue weighted by atomic mass is 9.88. The summed E-state index contributed by atoms with van der Waals surface area (Å²) in [7, 11) is 0. The summed E-state index contributed by atoms with van der Waals surface area (Å²) in [5, 5.41) is 0. The SMILES string of the molecule is CC/C(=C(/c1ccccc1)c1ccc(C)cc1)c1ccccc1. The summed E-state index contributed by atoms with van der Waals surface area (Å²) in [6.07, 6.45) is 1.00. The van der Waals surface area contributed by atoms with Crippen molar-refractivity contribution in [2.75, 3.05) is 0 Å².